The van der Waals surface area contributed by atoms with Gasteiger partial charge in [-0.3, -0.25) is 0 Å². The third kappa shape index (κ3) is 2.41. The van der Waals surface area contributed by atoms with Crippen molar-refractivity contribution < 1.29 is 4.74 Å². The van der Waals surface area contributed by atoms with E-state index in [1.807, 2.05) is 24.3 Å². The number of nitrogen functional groups attached to an aromatic ring is 1. The first kappa shape index (κ1) is 13.4. The van der Waals surface area contributed by atoms with Crippen LogP contribution in [-0.2, 0) is 0 Å². The number of anilines is 1. The fourth-order valence-electron chi connectivity index (χ4n) is 2.04. The highest BCUT2D eigenvalue weighted by Gasteiger charge is 2.16. The molecule has 0 aliphatic rings. The largest absolute Gasteiger partial charge is 0.497 e. The van der Waals surface area contributed by atoms with Crippen molar-refractivity contribution in [2.45, 2.75) is 0 Å². The first-order valence-corrected chi connectivity index (χ1v) is 6.55. The van der Waals surface area contributed by atoms with Gasteiger partial charge in [-0.1, -0.05) is 23.7 Å². The van der Waals surface area contributed by atoms with Crippen molar-refractivity contribution in [2.24, 2.45) is 0 Å². The Labute approximate surface area is 126 Å². The molecular weight excluding hydrogens is 290 g/mol. The predicted molar refractivity (Wildman–Crippen MR) is 80.6 cm³/mol. The van der Waals surface area contributed by atoms with Crippen molar-refractivity contribution in [1.29, 1.82) is 0 Å². The molecule has 2 aromatic carbocycles. The van der Waals surface area contributed by atoms with Gasteiger partial charge in [-0.2, -0.15) is 4.68 Å². The number of halogens is 1. The Bertz CT molecular complexity index is 766. The van der Waals surface area contributed by atoms with E-state index in [0.717, 1.165) is 5.69 Å². The second-order valence-corrected chi connectivity index (χ2v) is 4.73. The lowest BCUT2D eigenvalue weighted by Gasteiger charge is -2.09. The summed E-state index contributed by atoms with van der Waals surface area (Å²) in [5.41, 5.74) is 7.87. The maximum atomic E-state index is 6.23. The van der Waals surface area contributed by atoms with E-state index >= 15 is 0 Å². The van der Waals surface area contributed by atoms with Crippen LogP contribution in [0.5, 0.6) is 5.75 Å². The number of nitrogens with zero attached hydrogens (tertiary/aromatic N) is 4. The van der Waals surface area contributed by atoms with Gasteiger partial charge < -0.3 is 10.5 Å². The topological polar surface area (TPSA) is 78.8 Å². The fourth-order valence-corrected chi connectivity index (χ4v) is 2.30. The summed E-state index contributed by atoms with van der Waals surface area (Å²) in [6.45, 7) is 0. The van der Waals surface area contributed by atoms with Gasteiger partial charge in [0.1, 0.15) is 5.75 Å². The van der Waals surface area contributed by atoms with Gasteiger partial charge in [-0.25, -0.2) is 0 Å². The molecule has 1 aromatic heterocycles. The van der Waals surface area contributed by atoms with Crippen LogP contribution in [0.15, 0.2) is 42.5 Å². The Balaban J connectivity index is 2.17. The van der Waals surface area contributed by atoms with Crippen LogP contribution in [-0.4, -0.2) is 27.3 Å². The Morgan fingerprint density at radius 3 is 2.76 bits per heavy atom. The van der Waals surface area contributed by atoms with E-state index in [-0.39, 0.29) is 0 Å². The highest BCUT2D eigenvalue weighted by atomic mass is 35.5. The lowest BCUT2D eigenvalue weighted by Crippen LogP contribution is -2.02. The van der Waals surface area contributed by atoms with Crippen molar-refractivity contribution in [2.75, 3.05) is 12.8 Å². The molecule has 0 spiro atoms. The average Bonchev–Trinajstić information content (AvgIpc) is 2.96. The Morgan fingerprint density at radius 1 is 1.19 bits per heavy atom. The van der Waals surface area contributed by atoms with Gasteiger partial charge >= 0.3 is 0 Å². The summed E-state index contributed by atoms with van der Waals surface area (Å²) < 4.78 is 6.78. The minimum absolute atomic E-state index is 0.478. The molecule has 1 heterocycles. The van der Waals surface area contributed by atoms with Gasteiger partial charge in [-0.05, 0) is 34.7 Å². The van der Waals surface area contributed by atoms with Crippen LogP contribution in [0.1, 0.15) is 0 Å². The van der Waals surface area contributed by atoms with E-state index in [0.29, 0.717) is 27.8 Å². The summed E-state index contributed by atoms with van der Waals surface area (Å²) in [6.07, 6.45) is 0. The van der Waals surface area contributed by atoms with Crippen LogP contribution in [0, 0.1) is 0 Å². The van der Waals surface area contributed by atoms with E-state index in [9.17, 15) is 0 Å². The zero-order chi connectivity index (χ0) is 14.8. The number of ether oxygens (including phenoxy) is 1. The minimum Gasteiger partial charge on any atom is -0.497 e. The number of aromatic nitrogens is 4. The predicted octanol–water partition coefficient (Wildman–Crippen LogP) is 2.57. The second-order valence-electron chi connectivity index (χ2n) is 4.32. The van der Waals surface area contributed by atoms with Crippen LogP contribution in [0.3, 0.4) is 0 Å². The molecular formula is C14H12ClN5O. The molecule has 0 bridgehead atoms. The summed E-state index contributed by atoms with van der Waals surface area (Å²) in [6, 6.07) is 12.7. The molecule has 106 valence electrons. The van der Waals surface area contributed by atoms with Crippen molar-refractivity contribution in [3.05, 3.63) is 47.5 Å². The normalized spacial score (nSPS) is 10.6. The lowest BCUT2D eigenvalue weighted by atomic mass is 10.1. The third-order valence-electron chi connectivity index (χ3n) is 3.04. The van der Waals surface area contributed by atoms with E-state index in [1.54, 1.807) is 30.0 Å². The molecule has 0 unspecified atom stereocenters. The fraction of sp³-hybridized carbons (Fsp3) is 0.0714. The maximum Gasteiger partial charge on any atom is 0.190 e. The van der Waals surface area contributed by atoms with Gasteiger partial charge in [0.15, 0.2) is 5.82 Å². The molecule has 0 atom stereocenters. The standard InChI is InChI=1S/C14H12ClN5O/c1-21-10-5-2-4-9(8-10)20-14(17-18-19-20)13-11(15)6-3-7-12(13)16/h2-8H,16H2,1H3. The first-order chi connectivity index (χ1) is 10.2. The molecule has 0 amide bonds. The minimum atomic E-state index is 0.478. The number of rotatable bonds is 3. The number of methoxy groups -OCH3 is 1. The smallest absolute Gasteiger partial charge is 0.190 e. The molecule has 0 aliphatic carbocycles. The molecule has 0 saturated carbocycles. The highest BCUT2D eigenvalue weighted by molar-refractivity contribution is 6.33. The summed E-state index contributed by atoms with van der Waals surface area (Å²) in [5.74, 6) is 1.19. The van der Waals surface area contributed by atoms with Gasteiger partial charge in [0.25, 0.3) is 0 Å². The quantitative estimate of drug-likeness (QED) is 0.752. The average molecular weight is 302 g/mol. The lowest BCUT2D eigenvalue weighted by molar-refractivity contribution is 0.414. The summed E-state index contributed by atoms with van der Waals surface area (Å²) in [7, 11) is 1.60. The molecule has 3 aromatic rings. The Morgan fingerprint density at radius 2 is 2.00 bits per heavy atom. The maximum absolute atomic E-state index is 6.23. The van der Waals surface area contributed by atoms with E-state index in [1.165, 1.54) is 0 Å². The van der Waals surface area contributed by atoms with E-state index in [4.69, 9.17) is 22.1 Å². The summed E-state index contributed by atoms with van der Waals surface area (Å²) in [4.78, 5) is 0. The van der Waals surface area contributed by atoms with Gasteiger partial charge in [0.2, 0.25) is 0 Å². The van der Waals surface area contributed by atoms with Gasteiger partial charge in [-0.15, -0.1) is 5.10 Å². The van der Waals surface area contributed by atoms with Gasteiger partial charge in [0.05, 0.1) is 23.4 Å². The number of hydrogen-bond donors (Lipinski definition) is 1. The number of tetrazole rings is 1. The van der Waals surface area contributed by atoms with E-state index < -0.39 is 0 Å². The highest BCUT2D eigenvalue weighted by Crippen LogP contribution is 2.32. The SMILES string of the molecule is COc1cccc(-n2nnnc2-c2c(N)cccc2Cl)c1. The molecule has 0 fully saturated rings. The number of nitrogens with two attached hydrogens (primary N) is 1. The first-order valence-electron chi connectivity index (χ1n) is 6.18. The zero-order valence-electron chi connectivity index (χ0n) is 11.2. The van der Waals surface area contributed by atoms with Gasteiger partial charge in [0, 0.05) is 11.8 Å². The van der Waals surface area contributed by atoms with Crippen molar-refractivity contribution in [3.63, 3.8) is 0 Å². The number of benzene rings is 2. The molecule has 0 aliphatic heterocycles. The summed E-state index contributed by atoms with van der Waals surface area (Å²) >= 11 is 6.23. The second kappa shape index (κ2) is 5.41. The molecule has 6 nitrogen and oxygen atoms in total. The Kier molecular flexibility index (Phi) is 3.45. The third-order valence-corrected chi connectivity index (χ3v) is 3.35. The van der Waals surface area contributed by atoms with Crippen molar-refractivity contribution in [1.82, 2.24) is 20.2 Å². The molecule has 3 rings (SSSR count). The number of hydrogen-bond acceptors (Lipinski definition) is 5. The van der Waals surface area contributed by atoms with Crippen molar-refractivity contribution in [3.8, 4) is 22.8 Å². The van der Waals surface area contributed by atoms with Crippen molar-refractivity contribution >= 4 is 17.3 Å². The molecule has 21 heavy (non-hydrogen) atoms. The molecule has 0 saturated heterocycles. The monoisotopic (exact) mass is 301 g/mol. The zero-order valence-corrected chi connectivity index (χ0v) is 11.9. The molecule has 0 radical (unpaired) electrons. The van der Waals surface area contributed by atoms with Crippen LogP contribution < -0.4 is 10.5 Å². The molecule has 2 N–H and O–H groups in total. The molecule has 7 heteroatoms. The Hall–Kier alpha value is -2.60. The van der Waals surface area contributed by atoms with Crippen LogP contribution in [0.25, 0.3) is 17.1 Å². The van der Waals surface area contributed by atoms with E-state index in [2.05, 4.69) is 15.5 Å². The van der Waals surface area contributed by atoms with Crippen LogP contribution in [0.2, 0.25) is 5.02 Å². The van der Waals surface area contributed by atoms with Crippen LogP contribution >= 0.6 is 11.6 Å². The summed E-state index contributed by atoms with van der Waals surface area (Å²) in [5, 5.41) is 12.3. The van der Waals surface area contributed by atoms with Crippen LogP contribution in [0.4, 0.5) is 5.69 Å².